The summed E-state index contributed by atoms with van der Waals surface area (Å²) < 4.78 is 0. The number of aryl methyl sites for hydroxylation is 1. The van der Waals surface area contributed by atoms with E-state index in [9.17, 15) is 10.1 Å². The van der Waals surface area contributed by atoms with Crippen LogP contribution in [0.5, 0.6) is 0 Å². The smallest absolute Gasteiger partial charge is 0.269 e. The lowest BCUT2D eigenvalue weighted by molar-refractivity contribution is -0.384. The summed E-state index contributed by atoms with van der Waals surface area (Å²) in [6.45, 7) is 2.14. The Labute approximate surface area is 81.9 Å². The second-order valence-corrected chi connectivity index (χ2v) is 3.14. The standard InChI is InChI=1S/C9H13N3O2/c1-6-2-3-7(12(13)14)4-8(6)9(11)5-10/h2-4,9H,5,10-11H2,1H3/t9-/m0/s1. The molecule has 1 rings (SSSR count). The van der Waals surface area contributed by atoms with E-state index < -0.39 is 4.92 Å². The third kappa shape index (κ3) is 2.07. The maximum absolute atomic E-state index is 10.5. The SMILES string of the molecule is Cc1ccc([N+](=O)[O-])cc1[C@@H](N)CN. The van der Waals surface area contributed by atoms with Crippen LogP contribution in [0.1, 0.15) is 17.2 Å². The van der Waals surface area contributed by atoms with Crippen LogP contribution in [0.4, 0.5) is 5.69 Å². The number of benzene rings is 1. The Hall–Kier alpha value is -1.46. The molecule has 0 heterocycles. The van der Waals surface area contributed by atoms with Gasteiger partial charge in [0.2, 0.25) is 0 Å². The van der Waals surface area contributed by atoms with Crippen LogP contribution in [-0.2, 0) is 0 Å². The highest BCUT2D eigenvalue weighted by Crippen LogP contribution is 2.21. The molecular formula is C9H13N3O2. The van der Waals surface area contributed by atoms with Gasteiger partial charge in [0.05, 0.1) is 4.92 Å². The van der Waals surface area contributed by atoms with E-state index in [2.05, 4.69) is 0 Å². The maximum atomic E-state index is 10.5. The summed E-state index contributed by atoms with van der Waals surface area (Å²) in [5, 5.41) is 10.5. The highest BCUT2D eigenvalue weighted by molar-refractivity contribution is 5.40. The van der Waals surface area contributed by atoms with Gasteiger partial charge in [-0.3, -0.25) is 10.1 Å². The minimum atomic E-state index is -0.438. The lowest BCUT2D eigenvalue weighted by Crippen LogP contribution is -2.21. The first-order chi connectivity index (χ1) is 6.56. The minimum absolute atomic E-state index is 0.0505. The largest absolute Gasteiger partial charge is 0.329 e. The quantitative estimate of drug-likeness (QED) is 0.552. The van der Waals surface area contributed by atoms with Crippen molar-refractivity contribution in [2.45, 2.75) is 13.0 Å². The van der Waals surface area contributed by atoms with E-state index in [1.54, 1.807) is 6.07 Å². The van der Waals surface area contributed by atoms with Crippen LogP contribution in [-0.4, -0.2) is 11.5 Å². The van der Waals surface area contributed by atoms with Crippen molar-refractivity contribution < 1.29 is 4.92 Å². The van der Waals surface area contributed by atoms with Crippen molar-refractivity contribution in [2.75, 3.05) is 6.54 Å². The van der Waals surface area contributed by atoms with Crippen LogP contribution in [0.15, 0.2) is 18.2 Å². The summed E-state index contributed by atoms with van der Waals surface area (Å²) in [6, 6.07) is 4.28. The molecule has 0 saturated heterocycles. The molecule has 0 saturated carbocycles. The number of nitro groups is 1. The van der Waals surface area contributed by atoms with Gasteiger partial charge in [0.15, 0.2) is 0 Å². The van der Waals surface area contributed by atoms with Crippen LogP contribution >= 0.6 is 0 Å². The van der Waals surface area contributed by atoms with Gasteiger partial charge in [-0.05, 0) is 18.1 Å². The van der Waals surface area contributed by atoms with Gasteiger partial charge in [0.25, 0.3) is 5.69 Å². The molecule has 1 aromatic rings. The molecule has 76 valence electrons. The van der Waals surface area contributed by atoms with Crippen LogP contribution in [0, 0.1) is 17.0 Å². The molecule has 0 amide bonds. The lowest BCUT2D eigenvalue weighted by Gasteiger charge is -2.11. The molecule has 0 aromatic heterocycles. The highest BCUT2D eigenvalue weighted by atomic mass is 16.6. The summed E-state index contributed by atoms with van der Waals surface area (Å²) >= 11 is 0. The van der Waals surface area contributed by atoms with Gasteiger partial charge in [-0.25, -0.2) is 0 Å². The predicted molar refractivity (Wildman–Crippen MR) is 53.8 cm³/mol. The third-order valence-corrected chi connectivity index (χ3v) is 2.13. The van der Waals surface area contributed by atoms with Crippen molar-refractivity contribution in [2.24, 2.45) is 11.5 Å². The zero-order valence-electron chi connectivity index (χ0n) is 7.93. The highest BCUT2D eigenvalue weighted by Gasteiger charge is 2.12. The Morgan fingerprint density at radius 1 is 1.57 bits per heavy atom. The Balaban J connectivity index is 3.14. The molecule has 0 radical (unpaired) electrons. The first-order valence-electron chi connectivity index (χ1n) is 4.27. The normalized spacial score (nSPS) is 12.5. The summed E-state index contributed by atoms with van der Waals surface area (Å²) in [4.78, 5) is 10.1. The molecule has 0 spiro atoms. The van der Waals surface area contributed by atoms with E-state index in [-0.39, 0.29) is 18.3 Å². The Morgan fingerprint density at radius 2 is 2.21 bits per heavy atom. The number of hydrogen-bond donors (Lipinski definition) is 2. The zero-order valence-corrected chi connectivity index (χ0v) is 7.93. The fourth-order valence-corrected chi connectivity index (χ4v) is 1.27. The van der Waals surface area contributed by atoms with Crippen molar-refractivity contribution in [1.82, 2.24) is 0 Å². The molecule has 0 aliphatic rings. The Kier molecular flexibility index (Phi) is 3.16. The number of rotatable bonds is 3. The molecule has 1 aromatic carbocycles. The topological polar surface area (TPSA) is 95.2 Å². The second kappa shape index (κ2) is 4.17. The Morgan fingerprint density at radius 3 is 2.71 bits per heavy atom. The average molecular weight is 195 g/mol. The molecule has 5 nitrogen and oxygen atoms in total. The molecule has 5 heteroatoms. The molecule has 0 bridgehead atoms. The van der Waals surface area contributed by atoms with E-state index in [1.807, 2.05) is 6.92 Å². The molecule has 14 heavy (non-hydrogen) atoms. The van der Waals surface area contributed by atoms with Crippen LogP contribution in [0.25, 0.3) is 0 Å². The average Bonchev–Trinajstić information content (AvgIpc) is 2.17. The molecule has 1 atom stereocenters. The van der Waals surface area contributed by atoms with Gasteiger partial charge >= 0.3 is 0 Å². The first-order valence-corrected chi connectivity index (χ1v) is 4.27. The number of hydrogen-bond acceptors (Lipinski definition) is 4. The molecule has 0 aliphatic carbocycles. The molecule has 0 aliphatic heterocycles. The minimum Gasteiger partial charge on any atom is -0.329 e. The number of nitro benzene ring substituents is 1. The van der Waals surface area contributed by atoms with Crippen LogP contribution < -0.4 is 11.5 Å². The summed E-state index contributed by atoms with van der Waals surface area (Å²) in [5.74, 6) is 0. The lowest BCUT2D eigenvalue weighted by atomic mass is 10.0. The van der Waals surface area contributed by atoms with Crippen molar-refractivity contribution in [1.29, 1.82) is 0 Å². The van der Waals surface area contributed by atoms with E-state index in [0.717, 1.165) is 11.1 Å². The van der Waals surface area contributed by atoms with Crippen molar-refractivity contribution in [3.63, 3.8) is 0 Å². The Bertz CT molecular complexity index is 352. The zero-order chi connectivity index (χ0) is 10.7. The van der Waals surface area contributed by atoms with Gasteiger partial charge in [-0.1, -0.05) is 6.07 Å². The number of nitrogens with zero attached hydrogens (tertiary/aromatic N) is 1. The molecule has 4 N–H and O–H groups in total. The maximum Gasteiger partial charge on any atom is 0.269 e. The van der Waals surface area contributed by atoms with Crippen molar-refractivity contribution in [3.8, 4) is 0 Å². The van der Waals surface area contributed by atoms with E-state index in [1.165, 1.54) is 12.1 Å². The second-order valence-electron chi connectivity index (χ2n) is 3.14. The third-order valence-electron chi connectivity index (χ3n) is 2.13. The predicted octanol–water partition coefficient (Wildman–Crippen LogP) is 0.862. The van der Waals surface area contributed by atoms with Gasteiger partial charge in [0.1, 0.15) is 0 Å². The van der Waals surface area contributed by atoms with Crippen molar-refractivity contribution in [3.05, 3.63) is 39.4 Å². The summed E-state index contributed by atoms with van der Waals surface area (Å²) in [7, 11) is 0. The molecule has 0 unspecified atom stereocenters. The molecule has 0 fully saturated rings. The number of non-ortho nitro benzene ring substituents is 1. The van der Waals surface area contributed by atoms with Gasteiger partial charge in [0, 0.05) is 24.7 Å². The monoisotopic (exact) mass is 195 g/mol. The van der Waals surface area contributed by atoms with Crippen LogP contribution in [0.3, 0.4) is 0 Å². The van der Waals surface area contributed by atoms with Gasteiger partial charge < -0.3 is 11.5 Å². The fourth-order valence-electron chi connectivity index (χ4n) is 1.27. The first kappa shape index (κ1) is 10.6. The molecular weight excluding hydrogens is 182 g/mol. The van der Waals surface area contributed by atoms with E-state index >= 15 is 0 Å². The van der Waals surface area contributed by atoms with Crippen molar-refractivity contribution >= 4 is 5.69 Å². The van der Waals surface area contributed by atoms with E-state index in [0.29, 0.717) is 0 Å². The summed E-state index contributed by atoms with van der Waals surface area (Å²) in [6.07, 6.45) is 0. The summed E-state index contributed by atoms with van der Waals surface area (Å²) in [5.41, 5.74) is 12.8. The van der Waals surface area contributed by atoms with E-state index in [4.69, 9.17) is 11.5 Å². The van der Waals surface area contributed by atoms with Crippen LogP contribution in [0.2, 0.25) is 0 Å². The van der Waals surface area contributed by atoms with Gasteiger partial charge in [-0.15, -0.1) is 0 Å². The number of nitrogens with two attached hydrogens (primary N) is 2. The fraction of sp³-hybridized carbons (Fsp3) is 0.333. The van der Waals surface area contributed by atoms with Gasteiger partial charge in [-0.2, -0.15) is 0 Å².